The van der Waals surface area contributed by atoms with Crippen LogP contribution in [0, 0.1) is 31.1 Å². The normalized spacial score (nSPS) is 24.8. The zero-order valence-corrected chi connectivity index (χ0v) is 13.4. The first kappa shape index (κ1) is 15.9. The van der Waals surface area contributed by atoms with Gasteiger partial charge >= 0.3 is 0 Å². The number of nitrogens with zero attached hydrogens (tertiary/aromatic N) is 1. The first-order valence-electron chi connectivity index (χ1n) is 7.97. The first-order chi connectivity index (χ1) is 10.1. The molecule has 2 atom stereocenters. The molecule has 0 heterocycles. The van der Waals surface area contributed by atoms with Crippen LogP contribution in [0.1, 0.15) is 43.7 Å². The Balaban J connectivity index is 1.92. The Morgan fingerprint density at radius 3 is 2.67 bits per heavy atom. The van der Waals surface area contributed by atoms with Crippen LogP contribution in [0.4, 0.5) is 0 Å². The number of nitrogens with one attached hydrogen (secondary N) is 1. The van der Waals surface area contributed by atoms with Gasteiger partial charge in [0.25, 0.3) is 0 Å². The fraction of sp³-hybridized carbons (Fsp3) is 0.611. The lowest BCUT2D eigenvalue weighted by Crippen LogP contribution is -2.47. The zero-order chi connectivity index (χ0) is 15.3. The summed E-state index contributed by atoms with van der Waals surface area (Å²) in [6, 6.07) is 8.82. The minimum Gasteiger partial charge on any atom is -0.494 e. The molecule has 0 radical (unpaired) electrons. The second-order valence-electron chi connectivity index (χ2n) is 6.16. The van der Waals surface area contributed by atoms with E-state index < -0.39 is 0 Å². The van der Waals surface area contributed by atoms with E-state index in [4.69, 9.17) is 4.74 Å². The Bertz CT molecular complexity index is 500. The molecule has 1 fully saturated rings. The van der Waals surface area contributed by atoms with Crippen LogP contribution in [0.15, 0.2) is 18.2 Å². The Morgan fingerprint density at radius 2 is 2.05 bits per heavy atom. The van der Waals surface area contributed by atoms with Crippen molar-refractivity contribution in [3.05, 3.63) is 29.3 Å². The van der Waals surface area contributed by atoms with Gasteiger partial charge in [-0.1, -0.05) is 19.4 Å². The Labute approximate surface area is 128 Å². The lowest BCUT2D eigenvalue weighted by Gasteiger charge is -2.29. The molecule has 2 unspecified atom stereocenters. The molecule has 1 aliphatic carbocycles. The molecule has 1 saturated carbocycles. The van der Waals surface area contributed by atoms with Gasteiger partial charge in [0.15, 0.2) is 0 Å². The molecule has 0 spiro atoms. The molecule has 3 nitrogen and oxygen atoms in total. The van der Waals surface area contributed by atoms with Crippen LogP contribution in [0.3, 0.4) is 0 Å². The zero-order valence-electron chi connectivity index (χ0n) is 13.4. The van der Waals surface area contributed by atoms with Crippen LogP contribution in [0.2, 0.25) is 0 Å². The maximum absolute atomic E-state index is 9.55. The van der Waals surface area contributed by atoms with E-state index in [9.17, 15) is 5.26 Å². The van der Waals surface area contributed by atoms with E-state index >= 15 is 0 Å². The summed E-state index contributed by atoms with van der Waals surface area (Å²) in [6.07, 6.45) is 4.16. The third-order valence-electron chi connectivity index (χ3n) is 4.44. The maximum Gasteiger partial charge on any atom is 0.119 e. The number of hydrogen-bond donors (Lipinski definition) is 1. The van der Waals surface area contributed by atoms with Gasteiger partial charge in [-0.15, -0.1) is 0 Å². The third kappa shape index (κ3) is 3.77. The summed E-state index contributed by atoms with van der Waals surface area (Å²) in [4.78, 5) is 0. The van der Waals surface area contributed by atoms with Crippen molar-refractivity contribution in [3.63, 3.8) is 0 Å². The molecule has 0 aliphatic heterocycles. The van der Waals surface area contributed by atoms with Crippen molar-refractivity contribution in [1.29, 1.82) is 5.26 Å². The molecule has 3 heteroatoms. The topological polar surface area (TPSA) is 45.0 Å². The monoisotopic (exact) mass is 286 g/mol. The van der Waals surface area contributed by atoms with E-state index in [1.807, 2.05) is 0 Å². The smallest absolute Gasteiger partial charge is 0.119 e. The lowest BCUT2D eigenvalue weighted by molar-refractivity contribution is 0.234. The van der Waals surface area contributed by atoms with Crippen molar-refractivity contribution >= 4 is 0 Å². The van der Waals surface area contributed by atoms with Gasteiger partial charge in [-0.25, -0.2) is 0 Å². The van der Waals surface area contributed by atoms with Gasteiger partial charge in [0.2, 0.25) is 0 Å². The van der Waals surface area contributed by atoms with Crippen LogP contribution in [0.25, 0.3) is 0 Å². The minimum absolute atomic E-state index is 0.333. The van der Waals surface area contributed by atoms with Crippen LogP contribution >= 0.6 is 0 Å². The average Bonchev–Trinajstić information content (AvgIpc) is 2.82. The number of aryl methyl sites for hydroxylation is 2. The SMILES string of the molecule is CCNC1(C#N)CCCC1CCOc1cc(C)cc(C)c1. The van der Waals surface area contributed by atoms with Gasteiger partial charge in [0.1, 0.15) is 11.3 Å². The summed E-state index contributed by atoms with van der Waals surface area (Å²) in [5.41, 5.74) is 2.12. The van der Waals surface area contributed by atoms with Crippen LogP contribution in [-0.2, 0) is 0 Å². The molecular weight excluding hydrogens is 260 g/mol. The lowest BCUT2D eigenvalue weighted by atomic mass is 9.86. The number of ether oxygens (including phenoxy) is 1. The second kappa shape index (κ2) is 6.95. The molecular formula is C18H26N2O. The second-order valence-corrected chi connectivity index (χ2v) is 6.16. The maximum atomic E-state index is 9.55. The highest BCUT2D eigenvalue weighted by Crippen LogP contribution is 2.37. The van der Waals surface area contributed by atoms with E-state index in [0.717, 1.165) is 38.0 Å². The Hall–Kier alpha value is -1.53. The van der Waals surface area contributed by atoms with Crippen LogP contribution in [0.5, 0.6) is 5.75 Å². The van der Waals surface area contributed by atoms with Crippen LogP contribution < -0.4 is 10.1 Å². The molecule has 1 N–H and O–H groups in total. The average molecular weight is 286 g/mol. The van der Waals surface area contributed by atoms with Crippen molar-refractivity contribution in [2.24, 2.45) is 5.92 Å². The number of rotatable bonds is 6. The third-order valence-corrected chi connectivity index (χ3v) is 4.44. The highest BCUT2D eigenvalue weighted by atomic mass is 16.5. The highest BCUT2D eigenvalue weighted by Gasteiger charge is 2.42. The van der Waals surface area contributed by atoms with Crippen molar-refractivity contribution in [2.75, 3.05) is 13.2 Å². The Kier molecular flexibility index (Phi) is 5.25. The Morgan fingerprint density at radius 1 is 1.33 bits per heavy atom. The fourth-order valence-corrected chi connectivity index (χ4v) is 3.54. The standard InChI is InChI=1S/C18H26N2O/c1-4-20-18(13-19)8-5-6-16(18)7-9-21-17-11-14(2)10-15(3)12-17/h10-12,16,20H,4-9H2,1-3H3. The van der Waals surface area contributed by atoms with Crippen LogP contribution in [-0.4, -0.2) is 18.7 Å². The molecule has 0 aromatic heterocycles. The highest BCUT2D eigenvalue weighted by molar-refractivity contribution is 5.33. The minimum atomic E-state index is -0.333. The van der Waals surface area contributed by atoms with E-state index in [1.54, 1.807) is 0 Å². The molecule has 114 valence electrons. The van der Waals surface area contributed by atoms with Gasteiger partial charge in [-0.2, -0.15) is 5.26 Å². The fourth-order valence-electron chi connectivity index (χ4n) is 3.54. The first-order valence-corrected chi connectivity index (χ1v) is 7.97. The van der Waals surface area contributed by atoms with E-state index in [2.05, 4.69) is 50.4 Å². The molecule has 1 aliphatic rings. The molecule has 2 rings (SSSR count). The van der Waals surface area contributed by atoms with E-state index in [1.165, 1.54) is 11.1 Å². The van der Waals surface area contributed by atoms with Crippen molar-refractivity contribution in [3.8, 4) is 11.8 Å². The van der Waals surface area contributed by atoms with Gasteiger partial charge in [-0.05, 0) is 68.8 Å². The van der Waals surface area contributed by atoms with Gasteiger partial charge in [-0.3, -0.25) is 5.32 Å². The molecule has 21 heavy (non-hydrogen) atoms. The number of benzene rings is 1. The predicted molar refractivity (Wildman–Crippen MR) is 85.4 cm³/mol. The molecule has 0 amide bonds. The summed E-state index contributed by atoms with van der Waals surface area (Å²) < 4.78 is 5.91. The summed E-state index contributed by atoms with van der Waals surface area (Å²) in [5, 5.41) is 13.0. The summed E-state index contributed by atoms with van der Waals surface area (Å²) >= 11 is 0. The number of hydrogen-bond acceptors (Lipinski definition) is 3. The molecule has 1 aromatic rings. The largest absolute Gasteiger partial charge is 0.494 e. The summed E-state index contributed by atoms with van der Waals surface area (Å²) in [5.74, 6) is 1.34. The number of nitriles is 1. The van der Waals surface area contributed by atoms with E-state index in [0.29, 0.717) is 12.5 Å². The summed E-state index contributed by atoms with van der Waals surface area (Å²) in [6.45, 7) is 7.77. The summed E-state index contributed by atoms with van der Waals surface area (Å²) in [7, 11) is 0. The van der Waals surface area contributed by atoms with Crippen molar-refractivity contribution in [2.45, 2.75) is 52.0 Å². The predicted octanol–water partition coefficient (Wildman–Crippen LogP) is 3.74. The molecule has 0 saturated heterocycles. The van der Waals surface area contributed by atoms with Gasteiger partial charge < -0.3 is 4.74 Å². The van der Waals surface area contributed by atoms with Crippen molar-refractivity contribution in [1.82, 2.24) is 5.32 Å². The van der Waals surface area contributed by atoms with Gasteiger partial charge in [0.05, 0.1) is 12.7 Å². The molecule has 1 aromatic carbocycles. The quantitative estimate of drug-likeness (QED) is 0.866. The molecule has 0 bridgehead atoms. The van der Waals surface area contributed by atoms with E-state index in [-0.39, 0.29) is 5.54 Å². The van der Waals surface area contributed by atoms with Crippen molar-refractivity contribution < 1.29 is 4.74 Å². The van der Waals surface area contributed by atoms with Gasteiger partial charge in [0, 0.05) is 0 Å².